The first-order valence-electron chi connectivity index (χ1n) is 7.85. The molecule has 0 heterocycles. The molecule has 8 nitrogen and oxygen atoms in total. The second-order valence-electron chi connectivity index (χ2n) is 6.01. The number of carbonyl (C=O) groups is 1. The molecule has 2 N–H and O–H groups in total. The molecule has 0 unspecified atom stereocenters. The summed E-state index contributed by atoms with van der Waals surface area (Å²) >= 11 is 0. The fourth-order valence-electron chi connectivity index (χ4n) is 2.13. The lowest BCUT2D eigenvalue weighted by Gasteiger charge is -2.13. The minimum atomic E-state index is -4.09. The van der Waals surface area contributed by atoms with Gasteiger partial charge in [-0.3, -0.25) is 19.6 Å². The predicted octanol–water partition coefficient (Wildman–Crippen LogP) is 2.78. The van der Waals surface area contributed by atoms with E-state index in [0.717, 1.165) is 6.07 Å². The number of non-ortho nitro benzene ring substituents is 1. The van der Waals surface area contributed by atoms with Gasteiger partial charge in [0, 0.05) is 18.7 Å². The predicted molar refractivity (Wildman–Crippen MR) is 97.5 cm³/mol. The molecule has 2 aromatic carbocycles. The quantitative estimate of drug-likeness (QED) is 0.568. The van der Waals surface area contributed by atoms with Gasteiger partial charge < -0.3 is 5.32 Å². The maximum absolute atomic E-state index is 12.6. The van der Waals surface area contributed by atoms with Gasteiger partial charge in [-0.15, -0.1) is 0 Å². The Bertz CT molecular complexity index is 926. The highest BCUT2D eigenvalue weighted by atomic mass is 32.2. The van der Waals surface area contributed by atoms with E-state index in [0.29, 0.717) is 6.54 Å². The topological polar surface area (TPSA) is 118 Å². The third-order valence-electron chi connectivity index (χ3n) is 3.43. The average molecular weight is 377 g/mol. The SMILES string of the molecule is CC(C)CNC(=O)c1ccccc1NS(=O)(=O)c1cccc([N+](=O)[O-])c1. The minimum absolute atomic E-state index is 0.0975. The van der Waals surface area contributed by atoms with Crippen molar-refractivity contribution in [2.75, 3.05) is 11.3 Å². The lowest BCUT2D eigenvalue weighted by atomic mass is 10.1. The minimum Gasteiger partial charge on any atom is -0.352 e. The molecule has 0 saturated carbocycles. The zero-order valence-electron chi connectivity index (χ0n) is 14.3. The van der Waals surface area contributed by atoms with E-state index in [4.69, 9.17) is 0 Å². The van der Waals surface area contributed by atoms with E-state index in [-0.39, 0.29) is 27.8 Å². The lowest BCUT2D eigenvalue weighted by molar-refractivity contribution is -0.385. The van der Waals surface area contributed by atoms with Crippen LogP contribution in [0.2, 0.25) is 0 Å². The molecule has 2 aromatic rings. The van der Waals surface area contributed by atoms with Crippen LogP contribution < -0.4 is 10.0 Å². The molecular formula is C17H19N3O5S. The van der Waals surface area contributed by atoms with E-state index in [1.165, 1.54) is 30.3 Å². The van der Waals surface area contributed by atoms with Crippen molar-refractivity contribution >= 4 is 27.3 Å². The maximum Gasteiger partial charge on any atom is 0.270 e. The number of anilines is 1. The molecule has 0 radical (unpaired) electrons. The van der Waals surface area contributed by atoms with Crippen molar-refractivity contribution < 1.29 is 18.1 Å². The maximum atomic E-state index is 12.6. The lowest BCUT2D eigenvalue weighted by Crippen LogP contribution is -2.28. The van der Waals surface area contributed by atoms with Gasteiger partial charge in [0.1, 0.15) is 0 Å². The first-order valence-corrected chi connectivity index (χ1v) is 9.33. The number of sulfonamides is 1. The van der Waals surface area contributed by atoms with Crippen LogP contribution in [0.4, 0.5) is 11.4 Å². The number of nitro groups is 1. The number of nitro benzene ring substituents is 1. The molecule has 9 heteroatoms. The second kappa shape index (κ2) is 7.96. The molecule has 0 fully saturated rings. The van der Waals surface area contributed by atoms with Crippen LogP contribution in [0.25, 0.3) is 0 Å². The van der Waals surface area contributed by atoms with Crippen molar-refractivity contribution in [1.29, 1.82) is 0 Å². The number of carbonyl (C=O) groups excluding carboxylic acids is 1. The third kappa shape index (κ3) is 4.79. The molecule has 0 aromatic heterocycles. The Morgan fingerprint density at radius 1 is 1.15 bits per heavy atom. The van der Waals surface area contributed by atoms with Crippen LogP contribution in [0.15, 0.2) is 53.4 Å². The number of amides is 1. The van der Waals surface area contributed by atoms with Crippen LogP contribution in [0, 0.1) is 16.0 Å². The first-order chi connectivity index (χ1) is 12.2. The summed E-state index contributed by atoms with van der Waals surface area (Å²) in [4.78, 5) is 22.2. The molecule has 138 valence electrons. The van der Waals surface area contributed by atoms with Crippen LogP contribution in [0.5, 0.6) is 0 Å². The van der Waals surface area contributed by atoms with Gasteiger partial charge in [-0.25, -0.2) is 8.42 Å². The Hall–Kier alpha value is -2.94. The number of nitrogens with one attached hydrogen (secondary N) is 2. The molecule has 0 spiro atoms. The summed E-state index contributed by atoms with van der Waals surface area (Å²) in [7, 11) is -4.09. The van der Waals surface area contributed by atoms with Gasteiger partial charge in [0.15, 0.2) is 0 Å². The summed E-state index contributed by atoms with van der Waals surface area (Å²) in [5.74, 6) is -0.163. The van der Waals surface area contributed by atoms with Crippen LogP contribution in [-0.4, -0.2) is 25.8 Å². The van der Waals surface area contributed by atoms with Gasteiger partial charge >= 0.3 is 0 Å². The molecule has 1 amide bonds. The van der Waals surface area contributed by atoms with Crippen molar-refractivity contribution in [3.63, 3.8) is 0 Å². The summed E-state index contributed by atoms with van der Waals surface area (Å²) in [6.45, 7) is 4.33. The van der Waals surface area contributed by atoms with E-state index in [2.05, 4.69) is 10.0 Å². The van der Waals surface area contributed by atoms with Crippen molar-refractivity contribution in [3.05, 3.63) is 64.2 Å². The smallest absolute Gasteiger partial charge is 0.270 e. The van der Waals surface area contributed by atoms with Crippen molar-refractivity contribution in [2.24, 2.45) is 5.92 Å². The van der Waals surface area contributed by atoms with Crippen molar-refractivity contribution in [3.8, 4) is 0 Å². The molecule has 0 aliphatic heterocycles. The highest BCUT2D eigenvalue weighted by molar-refractivity contribution is 7.92. The normalized spacial score (nSPS) is 11.2. The second-order valence-corrected chi connectivity index (χ2v) is 7.69. The zero-order chi connectivity index (χ0) is 19.3. The molecule has 0 saturated heterocycles. The number of rotatable bonds is 7. The number of benzene rings is 2. The first kappa shape index (κ1) is 19.4. The Kier molecular flexibility index (Phi) is 5.93. The third-order valence-corrected chi connectivity index (χ3v) is 4.79. The molecule has 0 aliphatic carbocycles. The molecular weight excluding hydrogens is 358 g/mol. The van der Waals surface area contributed by atoms with E-state index in [1.807, 2.05) is 13.8 Å². The van der Waals surface area contributed by atoms with Crippen LogP contribution in [-0.2, 0) is 10.0 Å². The Labute approximate surface area is 151 Å². The largest absolute Gasteiger partial charge is 0.352 e. The standard InChI is InChI=1S/C17H19N3O5S/c1-12(2)11-18-17(21)15-8-3-4-9-16(15)19-26(24,25)14-7-5-6-13(10-14)20(22)23/h3-10,12,19H,11H2,1-2H3,(H,18,21). The van der Waals surface area contributed by atoms with Gasteiger partial charge in [0.05, 0.1) is 21.1 Å². The van der Waals surface area contributed by atoms with Crippen LogP contribution in [0.1, 0.15) is 24.2 Å². The fourth-order valence-corrected chi connectivity index (χ4v) is 3.25. The van der Waals surface area contributed by atoms with Gasteiger partial charge in [-0.2, -0.15) is 0 Å². The summed E-state index contributed by atoms with van der Waals surface area (Å²) in [5, 5.41) is 13.6. The van der Waals surface area contributed by atoms with Crippen molar-refractivity contribution in [2.45, 2.75) is 18.7 Å². The van der Waals surface area contributed by atoms with E-state index < -0.39 is 20.9 Å². The van der Waals surface area contributed by atoms with Gasteiger partial charge in [0.25, 0.3) is 21.6 Å². The number of hydrogen-bond donors (Lipinski definition) is 2. The summed E-state index contributed by atoms with van der Waals surface area (Å²) in [6, 6.07) is 10.9. The Morgan fingerprint density at radius 2 is 1.85 bits per heavy atom. The molecule has 0 bridgehead atoms. The number of para-hydroxylation sites is 1. The van der Waals surface area contributed by atoms with Crippen LogP contribution >= 0.6 is 0 Å². The zero-order valence-corrected chi connectivity index (χ0v) is 15.1. The molecule has 2 rings (SSSR count). The van der Waals surface area contributed by atoms with E-state index in [9.17, 15) is 23.3 Å². The summed E-state index contributed by atoms with van der Waals surface area (Å²) in [6.07, 6.45) is 0. The molecule has 0 atom stereocenters. The van der Waals surface area contributed by atoms with Crippen molar-refractivity contribution in [1.82, 2.24) is 5.32 Å². The average Bonchev–Trinajstić information content (AvgIpc) is 2.60. The number of nitrogens with zero attached hydrogens (tertiary/aromatic N) is 1. The van der Waals surface area contributed by atoms with Crippen LogP contribution in [0.3, 0.4) is 0 Å². The molecule has 26 heavy (non-hydrogen) atoms. The fraction of sp³-hybridized carbons (Fsp3) is 0.235. The Balaban J connectivity index is 2.31. The van der Waals surface area contributed by atoms with E-state index >= 15 is 0 Å². The van der Waals surface area contributed by atoms with E-state index in [1.54, 1.807) is 12.1 Å². The summed E-state index contributed by atoms with van der Waals surface area (Å²) in [5.41, 5.74) is -0.0711. The monoisotopic (exact) mass is 377 g/mol. The van der Waals surface area contributed by atoms with Gasteiger partial charge in [0.2, 0.25) is 0 Å². The number of hydrogen-bond acceptors (Lipinski definition) is 5. The highest BCUT2D eigenvalue weighted by Gasteiger charge is 2.20. The van der Waals surface area contributed by atoms with Gasteiger partial charge in [-0.1, -0.05) is 32.0 Å². The van der Waals surface area contributed by atoms with Gasteiger partial charge in [-0.05, 0) is 24.1 Å². The molecule has 0 aliphatic rings. The Morgan fingerprint density at radius 3 is 2.50 bits per heavy atom. The summed E-state index contributed by atoms with van der Waals surface area (Å²) < 4.78 is 27.4. The highest BCUT2D eigenvalue weighted by Crippen LogP contribution is 2.22.